The summed E-state index contributed by atoms with van der Waals surface area (Å²) >= 11 is 0. The zero-order chi connectivity index (χ0) is 17.6. The number of aromatic nitrogens is 1. The van der Waals surface area contributed by atoms with Crippen molar-refractivity contribution in [2.45, 2.75) is 31.8 Å². The van der Waals surface area contributed by atoms with E-state index in [1.807, 2.05) is 36.3 Å². The Balaban J connectivity index is 1.58. The molecule has 0 radical (unpaired) electrons. The third-order valence-corrected chi connectivity index (χ3v) is 4.59. The number of nitrogens with zero attached hydrogens (tertiary/aromatic N) is 2. The maximum Gasteiger partial charge on any atom is 0.234 e. The minimum atomic E-state index is 0.0556. The van der Waals surface area contributed by atoms with Gasteiger partial charge in [-0.25, -0.2) is 0 Å². The van der Waals surface area contributed by atoms with Gasteiger partial charge in [0, 0.05) is 18.9 Å². The van der Waals surface area contributed by atoms with Crippen LogP contribution in [-0.2, 0) is 17.8 Å². The van der Waals surface area contributed by atoms with E-state index in [0.717, 1.165) is 30.6 Å². The number of likely N-dealkylation sites (N-methyl/N-ethyl adjacent to an activating group) is 1. The number of benzene rings is 1. The molecule has 132 valence electrons. The van der Waals surface area contributed by atoms with Crippen molar-refractivity contribution < 1.29 is 9.53 Å². The smallest absolute Gasteiger partial charge is 0.234 e. The summed E-state index contributed by atoms with van der Waals surface area (Å²) in [6, 6.07) is 10.2. The van der Waals surface area contributed by atoms with E-state index >= 15 is 0 Å². The SMILES string of the molecule is COc1ccc2c(c1)CCCC2NC(=O)CN(C)Cc1cccnc1. The zero-order valence-corrected chi connectivity index (χ0v) is 14.9. The quantitative estimate of drug-likeness (QED) is 0.879. The molecule has 0 aliphatic heterocycles. The van der Waals surface area contributed by atoms with Crippen LogP contribution in [0.25, 0.3) is 0 Å². The number of rotatable bonds is 6. The van der Waals surface area contributed by atoms with Gasteiger partial charge in [0.25, 0.3) is 0 Å². The summed E-state index contributed by atoms with van der Waals surface area (Å²) in [6.45, 7) is 1.08. The molecule has 1 aromatic carbocycles. The van der Waals surface area contributed by atoms with Gasteiger partial charge in [-0.05, 0) is 61.2 Å². The van der Waals surface area contributed by atoms with E-state index in [0.29, 0.717) is 13.1 Å². The molecule has 1 unspecified atom stereocenters. The molecule has 0 bridgehead atoms. The fourth-order valence-electron chi connectivity index (χ4n) is 3.41. The Labute approximate surface area is 149 Å². The van der Waals surface area contributed by atoms with Crippen molar-refractivity contribution in [3.63, 3.8) is 0 Å². The lowest BCUT2D eigenvalue weighted by Crippen LogP contribution is -2.38. The van der Waals surface area contributed by atoms with Gasteiger partial charge in [-0.3, -0.25) is 14.7 Å². The van der Waals surface area contributed by atoms with Gasteiger partial charge < -0.3 is 10.1 Å². The fourth-order valence-corrected chi connectivity index (χ4v) is 3.41. The van der Waals surface area contributed by atoms with Crippen molar-refractivity contribution in [3.8, 4) is 5.75 Å². The van der Waals surface area contributed by atoms with Crippen LogP contribution in [0.1, 0.15) is 35.6 Å². The maximum absolute atomic E-state index is 12.5. The van der Waals surface area contributed by atoms with E-state index in [9.17, 15) is 4.79 Å². The predicted molar refractivity (Wildman–Crippen MR) is 97.4 cm³/mol. The van der Waals surface area contributed by atoms with Crippen molar-refractivity contribution in [1.29, 1.82) is 0 Å². The Morgan fingerprint density at radius 2 is 2.28 bits per heavy atom. The molecule has 3 rings (SSSR count). The number of fused-ring (bicyclic) bond motifs is 1. The number of hydrogen-bond acceptors (Lipinski definition) is 4. The standard InChI is InChI=1S/C20H25N3O2/c1-23(13-15-5-4-10-21-12-15)14-20(24)22-19-7-3-6-16-11-17(25-2)8-9-18(16)19/h4-5,8-12,19H,3,6-7,13-14H2,1-2H3,(H,22,24). The fraction of sp³-hybridized carbons (Fsp3) is 0.400. The van der Waals surface area contributed by atoms with Gasteiger partial charge in [0.15, 0.2) is 0 Å². The number of carbonyl (C=O) groups is 1. The maximum atomic E-state index is 12.5. The molecular formula is C20H25N3O2. The summed E-state index contributed by atoms with van der Waals surface area (Å²) in [7, 11) is 3.63. The number of aryl methyl sites for hydroxylation is 1. The third-order valence-electron chi connectivity index (χ3n) is 4.59. The molecule has 5 heteroatoms. The summed E-state index contributed by atoms with van der Waals surface area (Å²) in [4.78, 5) is 18.6. The Hall–Kier alpha value is -2.40. The zero-order valence-electron chi connectivity index (χ0n) is 14.9. The average molecular weight is 339 g/mol. The molecule has 1 aliphatic carbocycles. The van der Waals surface area contributed by atoms with Gasteiger partial charge in [-0.1, -0.05) is 12.1 Å². The second-order valence-electron chi connectivity index (χ2n) is 6.61. The van der Waals surface area contributed by atoms with E-state index in [4.69, 9.17) is 4.74 Å². The van der Waals surface area contributed by atoms with Crippen LogP contribution in [-0.4, -0.2) is 36.5 Å². The summed E-state index contributed by atoms with van der Waals surface area (Å²) in [6.07, 6.45) is 6.69. The molecule has 1 heterocycles. The molecule has 0 fully saturated rings. The van der Waals surface area contributed by atoms with Crippen LogP contribution in [0, 0.1) is 0 Å². The molecule has 5 nitrogen and oxygen atoms in total. The van der Waals surface area contributed by atoms with E-state index in [1.165, 1.54) is 11.1 Å². The largest absolute Gasteiger partial charge is 0.497 e. The number of pyridine rings is 1. The highest BCUT2D eigenvalue weighted by Crippen LogP contribution is 2.32. The summed E-state index contributed by atoms with van der Waals surface area (Å²) in [5.74, 6) is 0.932. The van der Waals surface area contributed by atoms with Crippen molar-refractivity contribution in [2.24, 2.45) is 0 Å². The molecule has 0 saturated carbocycles. The number of amides is 1. The van der Waals surface area contributed by atoms with E-state index in [2.05, 4.69) is 22.4 Å². The Morgan fingerprint density at radius 3 is 3.04 bits per heavy atom. The molecule has 1 aliphatic rings. The summed E-state index contributed by atoms with van der Waals surface area (Å²) < 4.78 is 5.31. The van der Waals surface area contributed by atoms with Gasteiger partial charge >= 0.3 is 0 Å². The molecule has 0 spiro atoms. The first-order valence-corrected chi connectivity index (χ1v) is 8.69. The lowest BCUT2D eigenvalue weighted by molar-refractivity contribution is -0.122. The van der Waals surface area contributed by atoms with Crippen LogP contribution in [0.3, 0.4) is 0 Å². The molecule has 1 aromatic heterocycles. The normalized spacial score (nSPS) is 16.4. The third kappa shape index (κ3) is 4.57. The first-order valence-electron chi connectivity index (χ1n) is 8.69. The highest BCUT2D eigenvalue weighted by molar-refractivity contribution is 5.78. The van der Waals surface area contributed by atoms with E-state index in [1.54, 1.807) is 13.3 Å². The van der Waals surface area contributed by atoms with Gasteiger partial charge in [0.2, 0.25) is 5.91 Å². The van der Waals surface area contributed by atoms with Crippen LogP contribution in [0.5, 0.6) is 5.75 Å². The monoisotopic (exact) mass is 339 g/mol. The number of nitrogens with one attached hydrogen (secondary N) is 1. The molecule has 1 atom stereocenters. The van der Waals surface area contributed by atoms with Crippen LogP contribution < -0.4 is 10.1 Å². The van der Waals surface area contributed by atoms with E-state index < -0.39 is 0 Å². The van der Waals surface area contributed by atoms with Gasteiger partial charge in [-0.15, -0.1) is 0 Å². The van der Waals surface area contributed by atoms with Gasteiger partial charge in [-0.2, -0.15) is 0 Å². The highest BCUT2D eigenvalue weighted by Gasteiger charge is 2.22. The van der Waals surface area contributed by atoms with Crippen LogP contribution in [0.15, 0.2) is 42.7 Å². The highest BCUT2D eigenvalue weighted by atomic mass is 16.5. The van der Waals surface area contributed by atoms with Crippen LogP contribution in [0.2, 0.25) is 0 Å². The van der Waals surface area contributed by atoms with Crippen LogP contribution in [0.4, 0.5) is 0 Å². The lowest BCUT2D eigenvalue weighted by atomic mass is 9.87. The topological polar surface area (TPSA) is 54.5 Å². The predicted octanol–water partition coefficient (Wildman–Crippen LogP) is 2.72. The van der Waals surface area contributed by atoms with Gasteiger partial charge in [0.05, 0.1) is 19.7 Å². The molecule has 2 aromatic rings. The number of carbonyl (C=O) groups excluding carboxylic acids is 1. The van der Waals surface area contributed by atoms with Crippen molar-refractivity contribution >= 4 is 5.91 Å². The second kappa shape index (κ2) is 8.12. The molecule has 25 heavy (non-hydrogen) atoms. The first-order chi connectivity index (χ1) is 12.2. The number of hydrogen-bond donors (Lipinski definition) is 1. The minimum absolute atomic E-state index is 0.0556. The Kier molecular flexibility index (Phi) is 5.66. The molecule has 1 amide bonds. The first kappa shape index (κ1) is 17.4. The second-order valence-corrected chi connectivity index (χ2v) is 6.61. The number of ether oxygens (including phenoxy) is 1. The Bertz CT molecular complexity index is 718. The van der Waals surface area contributed by atoms with Gasteiger partial charge in [0.1, 0.15) is 5.75 Å². The van der Waals surface area contributed by atoms with Crippen LogP contribution >= 0.6 is 0 Å². The van der Waals surface area contributed by atoms with E-state index in [-0.39, 0.29) is 11.9 Å². The van der Waals surface area contributed by atoms with Crippen molar-refractivity contribution in [3.05, 3.63) is 59.4 Å². The lowest BCUT2D eigenvalue weighted by Gasteiger charge is -2.27. The summed E-state index contributed by atoms with van der Waals surface area (Å²) in [5, 5.41) is 3.19. The molecule has 1 N–H and O–H groups in total. The number of methoxy groups -OCH3 is 1. The minimum Gasteiger partial charge on any atom is -0.497 e. The van der Waals surface area contributed by atoms with Crippen molar-refractivity contribution in [2.75, 3.05) is 20.7 Å². The summed E-state index contributed by atoms with van der Waals surface area (Å²) in [5.41, 5.74) is 3.60. The molecular weight excluding hydrogens is 314 g/mol. The van der Waals surface area contributed by atoms with Crippen molar-refractivity contribution in [1.82, 2.24) is 15.2 Å². The molecule has 0 saturated heterocycles. The Morgan fingerprint density at radius 1 is 1.40 bits per heavy atom. The average Bonchev–Trinajstić information content (AvgIpc) is 2.62.